The number of H-pyrrole nitrogens is 1. The smallest absolute Gasteiger partial charge is 0.274 e. The Morgan fingerprint density at radius 3 is 2.71 bits per heavy atom. The van der Waals surface area contributed by atoms with Gasteiger partial charge in [0.1, 0.15) is 0 Å². The van der Waals surface area contributed by atoms with E-state index in [1.165, 1.54) is 5.56 Å². The third-order valence-electron chi connectivity index (χ3n) is 6.65. The largest absolute Gasteiger partial charge is 0.359 e. The maximum absolute atomic E-state index is 13.2. The number of rotatable bonds is 5. The van der Waals surface area contributed by atoms with Crippen LogP contribution in [0, 0.1) is 0 Å². The van der Waals surface area contributed by atoms with Gasteiger partial charge in [-0.25, -0.2) is 4.98 Å². The van der Waals surface area contributed by atoms with Crippen LogP contribution in [0.3, 0.4) is 0 Å². The lowest BCUT2D eigenvalue weighted by atomic mass is 9.70. The summed E-state index contributed by atoms with van der Waals surface area (Å²) in [5, 5.41) is 14.0. The van der Waals surface area contributed by atoms with Gasteiger partial charge in [0.25, 0.3) is 5.91 Å². The number of thiazole rings is 1. The van der Waals surface area contributed by atoms with Crippen molar-refractivity contribution in [1.29, 1.82) is 0 Å². The lowest BCUT2D eigenvalue weighted by molar-refractivity contribution is 0.0677. The predicted octanol–water partition coefficient (Wildman–Crippen LogP) is 4.40. The molecule has 1 aromatic carbocycles. The van der Waals surface area contributed by atoms with E-state index in [9.17, 15) is 4.79 Å². The zero-order valence-electron chi connectivity index (χ0n) is 18.1. The number of fused-ring (bicyclic) bond motifs is 1. The molecule has 0 bridgehead atoms. The number of nitrogens with one attached hydrogen (secondary N) is 2. The fraction of sp³-hybridized carbons (Fsp3) is 0.458. The first-order valence-electron chi connectivity index (χ1n) is 11.2. The molecule has 31 heavy (non-hydrogen) atoms. The van der Waals surface area contributed by atoms with Crippen LogP contribution in [0.2, 0.25) is 0 Å². The van der Waals surface area contributed by atoms with Gasteiger partial charge in [0.05, 0.1) is 5.69 Å². The van der Waals surface area contributed by atoms with Crippen LogP contribution in [0.25, 0.3) is 0 Å². The summed E-state index contributed by atoms with van der Waals surface area (Å²) in [5.41, 5.74) is 5.14. The molecule has 2 aliphatic rings. The maximum Gasteiger partial charge on any atom is 0.274 e. The van der Waals surface area contributed by atoms with Crippen LogP contribution in [0.15, 0.2) is 35.7 Å². The van der Waals surface area contributed by atoms with Gasteiger partial charge in [0.2, 0.25) is 0 Å². The number of aromatic nitrogens is 3. The van der Waals surface area contributed by atoms with Crippen LogP contribution in [0.1, 0.15) is 66.1 Å². The first kappa shape index (κ1) is 20.2. The summed E-state index contributed by atoms with van der Waals surface area (Å²) in [6, 6.07) is 11.0. The van der Waals surface area contributed by atoms with Crippen LogP contribution >= 0.6 is 11.3 Å². The number of aromatic amines is 1. The zero-order valence-corrected chi connectivity index (χ0v) is 19.0. The monoisotopic (exact) mass is 435 g/mol. The second-order valence-corrected chi connectivity index (χ2v) is 9.82. The first-order chi connectivity index (χ1) is 15.1. The number of carbonyl (C=O) groups is 1. The predicted molar refractivity (Wildman–Crippen MR) is 124 cm³/mol. The van der Waals surface area contributed by atoms with Gasteiger partial charge in [-0.15, -0.1) is 11.3 Å². The average molecular weight is 436 g/mol. The summed E-state index contributed by atoms with van der Waals surface area (Å²) in [6.45, 7) is 5.67. The highest BCUT2D eigenvalue weighted by atomic mass is 32.1. The number of hydrogen-bond acceptors (Lipinski definition) is 5. The van der Waals surface area contributed by atoms with E-state index in [-0.39, 0.29) is 11.3 Å². The maximum atomic E-state index is 13.2. The van der Waals surface area contributed by atoms with Crippen molar-refractivity contribution in [2.75, 3.05) is 18.4 Å². The van der Waals surface area contributed by atoms with E-state index in [2.05, 4.69) is 65.1 Å². The molecular formula is C24H29N5OS. The number of aryl methyl sites for hydroxylation is 1. The molecule has 1 amide bonds. The van der Waals surface area contributed by atoms with E-state index in [0.717, 1.165) is 54.2 Å². The van der Waals surface area contributed by atoms with Crippen molar-refractivity contribution >= 4 is 22.4 Å². The van der Waals surface area contributed by atoms with Gasteiger partial charge in [0, 0.05) is 41.2 Å². The number of nitrogens with zero attached hydrogens (tertiary/aromatic N) is 3. The number of anilines is 1. The van der Waals surface area contributed by atoms with E-state index >= 15 is 0 Å². The van der Waals surface area contributed by atoms with Gasteiger partial charge in [0.15, 0.2) is 10.8 Å². The van der Waals surface area contributed by atoms with Crippen molar-refractivity contribution in [3.63, 3.8) is 0 Å². The molecule has 6 nitrogen and oxygen atoms in total. The molecule has 7 heteroatoms. The Balaban J connectivity index is 1.41. The molecule has 0 atom stereocenters. The molecule has 5 rings (SSSR count). The zero-order chi connectivity index (χ0) is 21.4. The minimum absolute atomic E-state index is 0.0708. The Bertz CT molecular complexity index is 1060. The quantitative estimate of drug-likeness (QED) is 0.623. The van der Waals surface area contributed by atoms with Gasteiger partial charge in [-0.1, -0.05) is 30.3 Å². The van der Waals surface area contributed by atoms with E-state index in [1.54, 1.807) is 11.3 Å². The summed E-state index contributed by atoms with van der Waals surface area (Å²) in [6.07, 6.45) is 4.79. The first-order valence-corrected chi connectivity index (χ1v) is 12.1. The van der Waals surface area contributed by atoms with Crippen molar-refractivity contribution < 1.29 is 4.79 Å². The third kappa shape index (κ3) is 3.65. The minimum Gasteiger partial charge on any atom is -0.359 e. The number of benzene rings is 1. The van der Waals surface area contributed by atoms with Gasteiger partial charge in [-0.3, -0.25) is 9.89 Å². The van der Waals surface area contributed by atoms with Gasteiger partial charge in [-0.2, -0.15) is 5.10 Å². The SMILES string of the molecule is CC(C)Nc1nc(C2(c3ccccc3)CCN(C(=O)c3n[nH]c4c3CCC4)CC2)cs1. The summed E-state index contributed by atoms with van der Waals surface area (Å²) < 4.78 is 0. The molecule has 0 unspecified atom stereocenters. The molecule has 1 fully saturated rings. The molecule has 3 heterocycles. The molecule has 3 aromatic rings. The van der Waals surface area contributed by atoms with Crippen LogP contribution in [-0.4, -0.2) is 45.1 Å². The average Bonchev–Trinajstić information content (AvgIpc) is 3.51. The second-order valence-electron chi connectivity index (χ2n) is 8.96. The Morgan fingerprint density at radius 1 is 1.19 bits per heavy atom. The fourth-order valence-electron chi connectivity index (χ4n) is 4.99. The molecule has 0 spiro atoms. The van der Waals surface area contributed by atoms with E-state index in [4.69, 9.17) is 4.98 Å². The van der Waals surface area contributed by atoms with Crippen LogP contribution < -0.4 is 5.32 Å². The van der Waals surface area contributed by atoms with Crippen molar-refractivity contribution in [3.8, 4) is 0 Å². The lowest BCUT2D eigenvalue weighted by Crippen LogP contribution is -2.46. The minimum atomic E-state index is -0.168. The Labute approximate surface area is 187 Å². The molecule has 162 valence electrons. The van der Waals surface area contributed by atoms with E-state index in [1.807, 2.05) is 4.90 Å². The number of hydrogen-bond donors (Lipinski definition) is 2. The van der Waals surface area contributed by atoms with Gasteiger partial charge < -0.3 is 10.2 Å². The van der Waals surface area contributed by atoms with Crippen LogP contribution in [-0.2, 0) is 18.3 Å². The summed E-state index contributed by atoms with van der Waals surface area (Å²) >= 11 is 1.67. The highest BCUT2D eigenvalue weighted by molar-refractivity contribution is 7.13. The number of amides is 1. The van der Waals surface area contributed by atoms with Crippen LogP contribution in [0.5, 0.6) is 0 Å². The normalized spacial score (nSPS) is 17.7. The highest BCUT2D eigenvalue weighted by Crippen LogP contribution is 2.43. The highest BCUT2D eigenvalue weighted by Gasteiger charge is 2.41. The van der Waals surface area contributed by atoms with Crippen molar-refractivity contribution in [2.45, 2.75) is 57.4 Å². The molecule has 1 aliphatic carbocycles. The summed E-state index contributed by atoms with van der Waals surface area (Å²) in [5.74, 6) is 0.0708. The molecule has 2 aromatic heterocycles. The molecular weight excluding hydrogens is 406 g/mol. The van der Waals surface area contributed by atoms with Crippen molar-refractivity contribution in [3.05, 3.63) is 63.9 Å². The molecule has 0 saturated carbocycles. The van der Waals surface area contributed by atoms with Crippen molar-refractivity contribution in [2.24, 2.45) is 0 Å². The lowest BCUT2D eigenvalue weighted by Gasteiger charge is -2.41. The summed E-state index contributed by atoms with van der Waals surface area (Å²) in [4.78, 5) is 20.2. The molecule has 1 aliphatic heterocycles. The van der Waals surface area contributed by atoms with E-state index < -0.39 is 0 Å². The molecule has 2 N–H and O–H groups in total. The summed E-state index contributed by atoms with van der Waals surface area (Å²) in [7, 11) is 0. The Kier molecular flexibility index (Phi) is 5.30. The number of likely N-dealkylation sites (tertiary alicyclic amines) is 1. The Morgan fingerprint density at radius 2 is 1.97 bits per heavy atom. The van der Waals surface area contributed by atoms with Gasteiger partial charge in [-0.05, 0) is 51.5 Å². The van der Waals surface area contributed by atoms with Crippen molar-refractivity contribution in [1.82, 2.24) is 20.1 Å². The topological polar surface area (TPSA) is 73.9 Å². The third-order valence-corrected chi connectivity index (χ3v) is 7.42. The van der Waals surface area contributed by atoms with E-state index in [0.29, 0.717) is 24.8 Å². The molecule has 1 saturated heterocycles. The van der Waals surface area contributed by atoms with Gasteiger partial charge >= 0.3 is 0 Å². The number of carbonyl (C=O) groups excluding carboxylic acids is 1. The second kappa shape index (κ2) is 8.11. The standard InChI is InChI=1S/C24H29N5OS/c1-16(2)25-23-26-20(15-31-23)24(17-7-4-3-5-8-17)11-13-29(14-12-24)22(30)21-18-9-6-10-19(18)27-28-21/h3-5,7-8,15-16H,6,9-14H2,1-2H3,(H,25,26)(H,27,28). The Hall–Kier alpha value is -2.67. The molecule has 0 radical (unpaired) electrons. The van der Waals surface area contributed by atoms with Crippen LogP contribution in [0.4, 0.5) is 5.13 Å². The number of piperidine rings is 1. The fourth-order valence-corrected chi connectivity index (χ4v) is 5.95.